The van der Waals surface area contributed by atoms with E-state index in [1.165, 1.54) is 18.5 Å². The third-order valence-corrected chi connectivity index (χ3v) is 6.16. The molecule has 0 aromatic carbocycles. The van der Waals surface area contributed by atoms with Crippen LogP contribution in [0.3, 0.4) is 0 Å². The highest BCUT2D eigenvalue weighted by Crippen LogP contribution is 2.39. The fourth-order valence-electron chi connectivity index (χ4n) is 3.67. The Hall–Kier alpha value is -2.06. The molecule has 2 aliphatic heterocycles. The lowest BCUT2D eigenvalue weighted by molar-refractivity contribution is -0.139. The number of carbonyl (C=O) groups is 3. The molecule has 1 saturated carbocycles. The van der Waals surface area contributed by atoms with Gasteiger partial charge < -0.3 is 14.2 Å². The second kappa shape index (κ2) is 7.16. The van der Waals surface area contributed by atoms with Gasteiger partial charge in [0.25, 0.3) is 11.1 Å². The average molecular weight is 389 g/mol. The number of hydrogen-bond acceptors (Lipinski definition) is 5. The highest BCUT2D eigenvalue weighted by atomic mass is 32.2. The zero-order chi connectivity index (χ0) is 19.1. The van der Waals surface area contributed by atoms with Crippen LogP contribution in [0.4, 0.5) is 4.79 Å². The van der Waals surface area contributed by atoms with E-state index in [-0.39, 0.29) is 23.6 Å². The Bertz CT molecular complexity index is 834. The molecule has 3 amide bonds. The molecule has 0 bridgehead atoms. The van der Waals surface area contributed by atoms with E-state index in [0.29, 0.717) is 37.3 Å². The van der Waals surface area contributed by atoms with Crippen molar-refractivity contribution in [3.05, 3.63) is 27.9 Å². The van der Waals surface area contributed by atoms with E-state index in [2.05, 4.69) is 17.6 Å². The third kappa shape index (κ3) is 3.55. The topological polar surface area (TPSA) is 71.9 Å². The zero-order valence-corrected chi connectivity index (χ0v) is 16.4. The normalized spacial score (nSPS) is 22.2. The minimum Gasteiger partial charge on any atom is -0.378 e. The van der Waals surface area contributed by atoms with E-state index in [0.717, 1.165) is 27.9 Å². The molecule has 3 aliphatic rings. The monoisotopic (exact) mass is 389 g/mol. The van der Waals surface area contributed by atoms with Crippen molar-refractivity contribution >= 4 is 34.9 Å². The number of aryl methyl sites for hydroxylation is 1. The van der Waals surface area contributed by atoms with Gasteiger partial charge >= 0.3 is 0 Å². The van der Waals surface area contributed by atoms with Crippen LogP contribution in [0.2, 0.25) is 0 Å². The van der Waals surface area contributed by atoms with Crippen molar-refractivity contribution < 1.29 is 19.1 Å². The minimum atomic E-state index is -0.386. The van der Waals surface area contributed by atoms with Crippen molar-refractivity contribution in [1.29, 1.82) is 0 Å². The van der Waals surface area contributed by atoms with Crippen LogP contribution in [0, 0.1) is 13.8 Å². The zero-order valence-electron chi connectivity index (χ0n) is 15.6. The Kier molecular flexibility index (Phi) is 4.86. The van der Waals surface area contributed by atoms with Gasteiger partial charge in [-0.15, -0.1) is 0 Å². The number of amides is 3. The summed E-state index contributed by atoms with van der Waals surface area (Å²) in [4.78, 5) is 40.5. The molecule has 3 fully saturated rings. The summed E-state index contributed by atoms with van der Waals surface area (Å²) in [7, 11) is 0. The summed E-state index contributed by atoms with van der Waals surface area (Å²) < 4.78 is 7.54. The number of imide groups is 1. The molecule has 1 aromatic rings. The van der Waals surface area contributed by atoms with Gasteiger partial charge in [-0.05, 0) is 56.2 Å². The van der Waals surface area contributed by atoms with Crippen molar-refractivity contribution in [2.24, 2.45) is 0 Å². The van der Waals surface area contributed by atoms with Crippen LogP contribution in [-0.4, -0.2) is 64.3 Å². The summed E-state index contributed by atoms with van der Waals surface area (Å²) >= 11 is 0.907. The molecule has 144 valence electrons. The highest BCUT2D eigenvalue weighted by Gasteiger charge is 2.37. The quantitative estimate of drug-likeness (QED) is 0.739. The van der Waals surface area contributed by atoms with Gasteiger partial charge in [0.1, 0.15) is 6.54 Å². The lowest BCUT2D eigenvalue weighted by Crippen LogP contribution is -2.46. The van der Waals surface area contributed by atoms with E-state index in [1.807, 2.05) is 6.92 Å². The van der Waals surface area contributed by atoms with Crippen LogP contribution in [0.1, 0.15) is 35.8 Å². The van der Waals surface area contributed by atoms with Crippen LogP contribution < -0.4 is 0 Å². The Labute approximate surface area is 162 Å². The molecular formula is C19H23N3O4S. The molecule has 0 radical (unpaired) electrons. The number of aromatic nitrogens is 1. The van der Waals surface area contributed by atoms with Gasteiger partial charge in [-0.25, -0.2) is 0 Å². The van der Waals surface area contributed by atoms with Crippen LogP contribution in [0.5, 0.6) is 0 Å². The number of carbonyl (C=O) groups excluding carboxylic acids is 3. The summed E-state index contributed by atoms with van der Waals surface area (Å²) in [5.41, 5.74) is 3.25. The summed E-state index contributed by atoms with van der Waals surface area (Å²) in [6, 6.07) is 2.62. The van der Waals surface area contributed by atoms with Crippen molar-refractivity contribution in [2.75, 3.05) is 32.8 Å². The van der Waals surface area contributed by atoms with Crippen molar-refractivity contribution in [2.45, 2.75) is 32.7 Å². The van der Waals surface area contributed by atoms with E-state index >= 15 is 0 Å². The Morgan fingerprint density at radius 2 is 1.96 bits per heavy atom. The maximum atomic E-state index is 12.7. The number of hydrogen-bond donors (Lipinski definition) is 0. The molecular weight excluding hydrogens is 366 g/mol. The molecule has 3 heterocycles. The van der Waals surface area contributed by atoms with Gasteiger partial charge in [0.2, 0.25) is 5.91 Å². The van der Waals surface area contributed by atoms with E-state index < -0.39 is 0 Å². The van der Waals surface area contributed by atoms with Gasteiger partial charge in [0, 0.05) is 30.5 Å². The van der Waals surface area contributed by atoms with Crippen LogP contribution in [-0.2, 0) is 14.3 Å². The van der Waals surface area contributed by atoms with Gasteiger partial charge in [0.15, 0.2) is 0 Å². The number of nitrogens with zero attached hydrogens (tertiary/aromatic N) is 3. The molecule has 0 atom stereocenters. The summed E-state index contributed by atoms with van der Waals surface area (Å²) in [6.07, 6.45) is 4.16. The van der Waals surface area contributed by atoms with Gasteiger partial charge in [0.05, 0.1) is 18.1 Å². The first-order valence-corrected chi connectivity index (χ1v) is 10.1. The van der Waals surface area contributed by atoms with E-state index in [9.17, 15) is 14.4 Å². The van der Waals surface area contributed by atoms with Gasteiger partial charge in [-0.2, -0.15) is 0 Å². The standard InChI is InChI=1S/C19H23N3O4S/c1-12-9-14(13(2)22(12)15-3-4-15)10-16-18(24)21(19(25)27-16)11-17(23)20-5-7-26-8-6-20/h9-10,15H,3-8,11H2,1-2H3/b16-10-. The Morgan fingerprint density at radius 3 is 2.63 bits per heavy atom. The molecule has 0 unspecified atom stereocenters. The highest BCUT2D eigenvalue weighted by molar-refractivity contribution is 8.18. The number of ether oxygens (including phenoxy) is 1. The third-order valence-electron chi connectivity index (χ3n) is 5.25. The number of morpholine rings is 1. The fourth-order valence-corrected chi connectivity index (χ4v) is 4.50. The van der Waals surface area contributed by atoms with E-state index in [4.69, 9.17) is 4.74 Å². The van der Waals surface area contributed by atoms with Crippen LogP contribution in [0.25, 0.3) is 6.08 Å². The predicted octanol–water partition coefficient (Wildman–Crippen LogP) is 2.33. The first kappa shape index (κ1) is 18.3. The molecule has 1 aliphatic carbocycles. The molecule has 0 spiro atoms. The van der Waals surface area contributed by atoms with Crippen LogP contribution >= 0.6 is 11.8 Å². The molecule has 4 rings (SSSR count). The molecule has 7 nitrogen and oxygen atoms in total. The molecule has 0 N–H and O–H groups in total. The lowest BCUT2D eigenvalue weighted by Gasteiger charge is -2.28. The predicted molar refractivity (Wildman–Crippen MR) is 102 cm³/mol. The average Bonchev–Trinajstić information content (AvgIpc) is 3.40. The van der Waals surface area contributed by atoms with Gasteiger partial charge in [-0.1, -0.05) is 0 Å². The number of rotatable bonds is 4. The van der Waals surface area contributed by atoms with Crippen molar-refractivity contribution in [3.63, 3.8) is 0 Å². The Balaban J connectivity index is 1.50. The number of thioether (sulfide) groups is 1. The lowest BCUT2D eigenvalue weighted by atomic mass is 10.2. The molecule has 2 saturated heterocycles. The van der Waals surface area contributed by atoms with E-state index in [1.54, 1.807) is 11.0 Å². The first-order valence-electron chi connectivity index (χ1n) is 9.25. The minimum absolute atomic E-state index is 0.205. The van der Waals surface area contributed by atoms with Crippen molar-refractivity contribution in [3.8, 4) is 0 Å². The smallest absolute Gasteiger partial charge is 0.294 e. The fraction of sp³-hybridized carbons (Fsp3) is 0.526. The summed E-state index contributed by atoms with van der Waals surface area (Å²) in [5, 5.41) is -0.385. The molecule has 1 aromatic heterocycles. The summed E-state index contributed by atoms with van der Waals surface area (Å²) in [6.45, 7) is 5.88. The molecule has 8 heteroatoms. The second-order valence-electron chi connectivity index (χ2n) is 7.19. The summed E-state index contributed by atoms with van der Waals surface area (Å²) in [5.74, 6) is -0.600. The maximum absolute atomic E-state index is 12.7. The van der Waals surface area contributed by atoms with Crippen LogP contribution in [0.15, 0.2) is 11.0 Å². The Morgan fingerprint density at radius 1 is 1.26 bits per heavy atom. The first-order chi connectivity index (χ1) is 13.0. The van der Waals surface area contributed by atoms with Crippen molar-refractivity contribution in [1.82, 2.24) is 14.4 Å². The molecule has 27 heavy (non-hydrogen) atoms. The largest absolute Gasteiger partial charge is 0.378 e. The second-order valence-corrected chi connectivity index (χ2v) is 8.18. The SMILES string of the molecule is Cc1cc(/C=C2\SC(=O)N(CC(=O)N3CCOCC3)C2=O)c(C)n1C1CC1. The van der Waals surface area contributed by atoms with Gasteiger partial charge in [-0.3, -0.25) is 19.3 Å². The maximum Gasteiger partial charge on any atom is 0.294 e.